The molecule has 0 atom stereocenters. The van der Waals surface area contributed by atoms with Gasteiger partial charge in [-0.05, 0) is 0 Å². The standard InChI is InChI=1S/C8H9N3O7/c1-9-6(16)10(2-4(12)13)8(18)11(7(9)17)3-5(14)15/h2-3H2,1H3,(H,12,13)(H,14,15). The molecular weight excluding hydrogens is 250 g/mol. The van der Waals surface area contributed by atoms with Gasteiger partial charge in [-0.1, -0.05) is 0 Å². The lowest BCUT2D eigenvalue weighted by Crippen LogP contribution is -2.55. The van der Waals surface area contributed by atoms with E-state index in [0.717, 1.165) is 7.05 Å². The molecule has 2 N–H and O–H groups in total. The second-order valence-corrected chi connectivity index (χ2v) is 3.37. The monoisotopic (exact) mass is 259 g/mol. The first-order valence-corrected chi connectivity index (χ1v) is 4.60. The smallest absolute Gasteiger partial charge is 0.337 e. The molecule has 0 aliphatic heterocycles. The Bertz CT molecular complexity index is 623. The van der Waals surface area contributed by atoms with Gasteiger partial charge in [0, 0.05) is 7.05 Å². The SMILES string of the molecule is Cn1c(=O)n(CC(=O)O)c(=O)n(CC(=O)O)c1=O. The first-order chi connectivity index (χ1) is 8.25. The molecule has 0 unspecified atom stereocenters. The van der Waals surface area contributed by atoms with Crippen LogP contribution in [0.3, 0.4) is 0 Å². The quantitative estimate of drug-likeness (QED) is 0.582. The third kappa shape index (κ3) is 2.36. The Morgan fingerprint density at radius 2 is 1.22 bits per heavy atom. The highest BCUT2D eigenvalue weighted by atomic mass is 16.4. The van der Waals surface area contributed by atoms with Crippen LogP contribution in [0.25, 0.3) is 0 Å². The lowest BCUT2D eigenvalue weighted by Gasteiger charge is -2.08. The van der Waals surface area contributed by atoms with Gasteiger partial charge in [0.15, 0.2) is 0 Å². The highest BCUT2D eigenvalue weighted by molar-refractivity contribution is 5.67. The zero-order chi connectivity index (χ0) is 14.0. The van der Waals surface area contributed by atoms with Crippen LogP contribution in [0.5, 0.6) is 0 Å². The molecule has 1 aromatic heterocycles. The van der Waals surface area contributed by atoms with Crippen molar-refractivity contribution < 1.29 is 19.8 Å². The number of aromatic nitrogens is 3. The summed E-state index contributed by atoms with van der Waals surface area (Å²) in [7, 11) is 1.01. The van der Waals surface area contributed by atoms with E-state index in [4.69, 9.17) is 10.2 Å². The summed E-state index contributed by atoms with van der Waals surface area (Å²) in [6.45, 7) is -1.91. The fourth-order valence-corrected chi connectivity index (χ4v) is 1.29. The summed E-state index contributed by atoms with van der Waals surface area (Å²) in [5, 5.41) is 17.1. The number of rotatable bonds is 4. The number of carbonyl (C=O) groups is 2. The zero-order valence-electron chi connectivity index (χ0n) is 9.19. The molecule has 0 saturated heterocycles. The molecule has 0 radical (unpaired) electrons. The Labute approximate surface area is 97.9 Å². The van der Waals surface area contributed by atoms with Gasteiger partial charge in [0.1, 0.15) is 13.1 Å². The molecule has 10 heteroatoms. The molecule has 10 nitrogen and oxygen atoms in total. The summed E-state index contributed by atoms with van der Waals surface area (Å²) < 4.78 is 1.01. The van der Waals surface area contributed by atoms with Gasteiger partial charge < -0.3 is 10.2 Å². The second kappa shape index (κ2) is 4.69. The molecule has 0 amide bonds. The van der Waals surface area contributed by atoms with Crippen molar-refractivity contribution in [3.05, 3.63) is 31.5 Å². The van der Waals surface area contributed by atoms with Crippen molar-refractivity contribution in [3.63, 3.8) is 0 Å². The highest BCUT2D eigenvalue weighted by Crippen LogP contribution is 1.76. The molecule has 1 heterocycles. The molecule has 18 heavy (non-hydrogen) atoms. The predicted octanol–water partition coefficient (Wildman–Crippen LogP) is -3.12. The molecule has 0 aliphatic carbocycles. The molecule has 0 aliphatic rings. The van der Waals surface area contributed by atoms with Gasteiger partial charge in [0.25, 0.3) is 0 Å². The van der Waals surface area contributed by atoms with Crippen LogP contribution in [0.15, 0.2) is 14.4 Å². The summed E-state index contributed by atoms with van der Waals surface area (Å²) in [6.07, 6.45) is 0. The maximum absolute atomic E-state index is 11.6. The third-order valence-corrected chi connectivity index (χ3v) is 2.08. The molecule has 0 saturated carbocycles. The Balaban J connectivity index is 3.65. The number of hydrogen-bond donors (Lipinski definition) is 2. The Morgan fingerprint density at radius 1 is 0.889 bits per heavy atom. The molecule has 0 fully saturated rings. The Hall–Kier alpha value is -2.65. The van der Waals surface area contributed by atoms with Crippen molar-refractivity contribution in [1.82, 2.24) is 13.7 Å². The van der Waals surface area contributed by atoms with E-state index in [9.17, 15) is 24.0 Å². The summed E-state index contributed by atoms with van der Waals surface area (Å²) in [6, 6.07) is 0. The number of aliphatic carboxylic acids is 2. The second-order valence-electron chi connectivity index (χ2n) is 3.37. The van der Waals surface area contributed by atoms with E-state index in [2.05, 4.69) is 0 Å². The minimum absolute atomic E-state index is 0.271. The van der Waals surface area contributed by atoms with Crippen molar-refractivity contribution >= 4 is 11.9 Å². The van der Waals surface area contributed by atoms with Gasteiger partial charge in [-0.3, -0.25) is 9.59 Å². The third-order valence-electron chi connectivity index (χ3n) is 2.08. The van der Waals surface area contributed by atoms with Crippen LogP contribution in [0, 0.1) is 0 Å². The van der Waals surface area contributed by atoms with Crippen LogP contribution < -0.4 is 17.1 Å². The first kappa shape index (κ1) is 13.4. The lowest BCUT2D eigenvalue weighted by molar-refractivity contribution is -0.138. The number of carboxylic acid groups (broad SMARTS) is 2. The largest absolute Gasteiger partial charge is 0.480 e. The summed E-state index contributed by atoms with van der Waals surface area (Å²) in [5.74, 6) is -2.93. The average Bonchev–Trinajstić information content (AvgIpc) is 2.27. The molecule has 1 aromatic rings. The van der Waals surface area contributed by atoms with Crippen LogP contribution in [0.1, 0.15) is 0 Å². The Morgan fingerprint density at radius 3 is 1.50 bits per heavy atom. The predicted molar refractivity (Wildman–Crippen MR) is 55.5 cm³/mol. The zero-order valence-corrected chi connectivity index (χ0v) is 9.19. The van der Waals surface area contributed by atoms with Gasteiger partial charge in [0.05, 0.1) is 0 Å². The van der Waals surface area contributed by atoms with Gasteiger partial charge in [-0.25, -0.2) is 28.1 Å². The molecule has 0 spiro atoms. The average molecular weight is 259 g/mol. The van der Waals surface area contributed by atoms with E-state index in [1.165, 1.54) is 0 Å². The van der Waals surface area contributed by atoms with Crippen molar-refractivity contribution in [2.24, 2.45) is 7.05 Å². The molecule has 98 valence electrons. The summed E-state index contributed by atoms with van der Waals surface area (Å²) in [5.41, 5.74) is -3.50. The number of nitrogens with zero attached hydrogens (tertiary/aromatic N) is 3. The number of carboxylic acids is 2. The van der Waals surface area contributed by atoms with E-state index in [0.29, 0.717) is 4.57 Å². The van der Waals surface area contributed by atoms with E-state index >= 15 is 0 Å². The van der Waals surface area contributed by atoms with Crippen LogP contribution in [0.4, 0.5) is 0 Å². The molecule has 0 bridgehead atoms. The molecular formula is C8H9N3O7. The first-order valence-electron chi connectivity index (χ1n) is 4.60. The van der Waals surface area contributed by atoms with Crippen molar-refractivity contribution in [2.45, 2.75) is 13.1 Å². The number of hydrogen-bond acceptors (Lipinski definition) is 5. The highest BCUT2D eigenvalue weighted by Gasteiger charge is 2.16. The molecule has 0 aromatic carbocycles. The van der Waals surface area contributed by atoms with Crippen molar-refractivity contribution in [1.29, 1.82) is 0 Å². The maximum Gasteiger partial charge on any atom is 0.337 e. The van der Waals surface area contributed by atoms with Crippen LogP contribution in [-0.2, 0) is 29.7 Å². The minimum Gasteiger partial charge on any atom is -0.480 e. The summed E-state index contributed by atoms with van der Waals surface area (Å²) in [4.78, 5) is 55.6. The topological polar surface area (TPSA) is 141 Å². The van der Waals surface area contributed by atoms with Crippen LogP contribution in [-0.4, -0.2) is 35.9 Å². The van der Waals surface area contributed by atoms with Gasteiger partial charge in [-0.15, -0.1) is 0 Å². The molecule has 1 rings (SSSR count). The minimum atomic E-state index is -1.46. The Kier molecular flexibility index (Phi) is 3.50. The maximum atomic E-state index is 11.6. The van der Waals surface area contributed by atoms with Gasteiger partial charge >= 0.3 is 29.0 Å². The van der Waals surface area contributed by atoms with Crippen LogP contribution in [0.2, 0.25) is 0 Å². The van der Waals surface area contributed by atoms with E-state index in [-0.39, 0.29) is 9.13 Å². The van der Waals surface area contributed by atoms with E-state index < -0.39 is 42.1 Å². The van der Waals surface area contributed by atoms with E-state index in [1.54, 1.807) is 0 Å². The normalized spacial score (nSPS) is 10.3. The fourth-order valence-electron chi connectivity index (χ4n) is 1.29. The fraction of sp³-hybridized carbons (Fsp3) is 0.375. The van der Waals surface area contributed by atoms with Gasteiger partial charge in [0.2, 0.25) is 0 Å². The van der Waals surface area contributed by atoms with E-state index in [1.807, 2.05) is 0 Å². The van der Waals surface area contributed by atoms with Crippen molar-refractivity contribution in [3.8, 4) is 0 Å². The lowest BCUT2D eigenvalue weighted by atomic mass is 10.6. The summed E-state index contributed by atoms with van der Waals surface area (Å²) >= 11 is 0. The van der Waals surface area contributed by atoms with Crippen molar-refractivity contribution in [2.75, 3.05) is 0 Å². The van der Waals surface area contributed by atoms with Gasteiger partial charge in [-0.2, -0.15) is 0 Å². The van der Waals surface area contributed by atoms with Crippen LogP contribution >= 0.6 is 0 Å².